The van der Waals surface area contributed by atoms with Crippen LogP contribution < -0.4 is 0 Å². The summed E-state index contributed by atoms with van der Waals surface area (Å²) in [6, 6.07) is 0. The molecule has 76 valence electrons. The first-order chi connectivity index (χ1) is 5.92. The Bertz CT molecular complexity index is 205. The minimum Gasteiger partial charge on any atom is -0.388 e. The molecule has 1 unspecified atom stereocenters. The fraction of sp³-hybridized carbons (Fsp3) is 1.00. The Kier molecular flexibility index (Phi) is 1.95. The maximum absolute atomic E-state index is 9.79. The molecule has 3 atom stereocenters. The minimum atomic E-state index is -0.730. The second-order valence-electron chi connectivity index (χ2n) is 4.93. The monoisotopic (exact) mass is 186 g/mol. The third-order valence-electron chi connectivity index (χ3n) is 3.12. The highest BCUT2D eigenvalue weighted by molar-refractivity contribution is 5.00. The summed E-state index contributed by atoms with van der Waals surface area (Å²) in [5.41, 5.74) is -0.878. The van der Waals surface area contributed by atoms with Crippen molar-refractivity contribution in [2.45, 2.75) is 57.0 Å². The van der Waals surface area contributed by atoms with Crippen LogP contribution in [0.3, 0.4) is 0 Å². The number of ether oxygens (including phenoxy) is 2. The van der Waals surface area contributed by atoms with Crippen molar-refractivity contribution < 1.29 is 14.6 Å². The first-order valence-corrected chi connectivity index (χ1v) is 4.94. The van der Waals surface area contributed by atoms with E-state index in [2.05, 4.69) is 6.92 Å². The van der Waals surface area contributed by atoms with Crippen molar-refractivity contribution in [3.05, 3.63) is 0 Å². The lowest BCUT2D eigenvalue weighted by atomic mass is 9.95. The Balaban J connectivity index is 2.00. The van der Waals surface area contributed by atoms with Gasteiger partial charge in [-0.15, -0.1) is 0 Å². The maximum Gasteiger partial charge on any atom is 0.110 e. The molecule has 0 saturated carbocycles. The average Bonchev–Trinajstić information content (AvgIpc) is 2.75. The van der Waals surface area contributed by atoms with Crippen LogP contribution in [0.25, 0.3) is 0 Å². The summed E-state index contributed by atoms with van der Waals surface area (Å²) in [6.45, 7) is 6.50. The molecule has 13 heavy (non-hydrogen) atoms. The zero-order valence-corrected chi connectivity index (χ0v) is 8.54. The molecule has 0 spiro atoms. The second-order valence-corrected chi connectivity index (χ2v) is 4.93. The highest BCUT2D eigenvalue weighted by atomic mass is 16.6. The molecule has 2 heterocycles. The molecule has 2 saturated heterocycles. The van der Waals surface area contributed by atoms with Gasteiger partial charge in [0.1, 0.15) is 6.10 Å². The van der Waals surface area contributed by atoms with Crippen LogP contribution in [0.1, 0.15) is 33.6 Å². The van der Waals surface area contributed by atoms with E-state index in [1.165, 1.54) is 0 Å². The number of epoxide rings is 1. The van der Waals surface area contributed by atoms with Crippen molar-refractivity contribution in [3.8, 4) is 0 Å². The van der Waals surface area contributed by atoms with Crippen LogP contribution in [0.2, 0.25) is 0 Å². The largest absolute Gasteiger partial charge is 0.388 e. The normalized spacial score (nSPS) is 45.2. The summed E-state index contributed by atoms with van der Waals surface area (Å²) in [5, 5.41) is 9.79. The molecule has 1 N–H and O–H groups in total. The zero-order chi connectivity index (χ0) is 9.69. The number of hydrogen-bond donors (Lipinski definition) is 1. The fourth-order valence-electron chi connectivity index (χ4n) is 2.00. The summed E-state index contributed by atoms with van der Waals surface area (Å²) in [7, 11) is 0. The molecular weight excluding hydrogens is 168 g/mol. The Labute approximate surface area is 79.0 Å². The molecule has 2 aliphatic rings. The molecule has 0 amide bonds. The molecule has 3 nitrogen and oxygen atoms in total. The Hall–Kier alpha value is -0.120. The van der Waals surface area contributed by atoms with Crippen molar-refractivity contribution in [2.24, 2.45) is 0 Å². The van der Waals surface area contributed by atoms with Crippen LogP contribution >= 0.6 is 0 Å². The van der Waals surface area contributed by atoms with Gasteiger partial charge in [-0.3, -0.25) is 0 Å². The van der Waals surface area contributed by atoms with Crippen LogP contribution in [0, 0.1) is 0 Å². The van der Waals surface area contributed by atoms with E-state index < -0.39 is 5.60 Å². The Morgan fingerprint density at radius 3 is 2.46 bits per heavy atom. The minimum absolute atomic E-state index is 0.0401. The molecule has 0 aliphatic carbocycles. The number of rotatable bonds is 2. The highest BCUT2D eigenvalue weighted by Gasteiger charge is 2.51. The lowest BCUT2D eigenvalue weighted by molar-refractivity contribution is -0.122. The number of hydrogen-bond acceptors (Lipinski definition) is 3. The third-order valence-corrected chi connectivity index (χ3v) is 3.12. The van der Waals surface area contributed by atoms with E-state index in [-0.39, 0.29) is 17.8 Å². The van der Waals surface area contributed by atoms with Crippen LogP contribution in [0.4, 0.5) is 0 Å². The molecule has 3 heteroatoms. The summed E-state index contributed by atoms with van der Waals surface area (Å²) in [6.07, 6.45) is 2.15. The van der Waals surface area contributed by atoms with Crippen molar-refractivity contribution in [3.63, 3.8) is 0 Å². The van der Waals surface area contributed by atoms with Gasteiger partial charge < -0.3 is 14.6 Å². The van der Waals surface area contributed by atoms with E-state index >= 15 is 0 Å². The average molecular weight is 186 g/mol. The van der Waals surface area contributed by atoms with E-state index in [0.29, 0.717) is 0 Å². The van der Waals surface area contributed by atoms with E-state index in [1.54, 1.807) is 13.8 Å². The lowest BCUT2D eigenvalue weighted by Gasteiger charge is -2.29. The maximum atomic E-state index is 9.79. The summed E-state index contributed by atoms with van der Waals surface area (Å²) >= 11 is 0. The van der Waals surface area contributed by atoms with Crippen molar-refractivity contribution in [2.75, 3.05) is 6.61 Å². The van der Waals surface area contributed by atoms with Crippen LogP contribution in [0.15, 0.2) is 0 Å². The molecule has 0 aromatic carbocycles. The van der Waals surface area contributed by atoms with Gasteiger partial charge in [-0.1, -0.05) is 0 Å². The van der Waals surface area contributed by atoms with E-state index in [4.69, 9.17) is 9.47 Å². The first-order valence-electron chi connectivity index (χ1n) is 4.94. The topological polar surface area (TPSA) is 42.0 Å². The fourth-order valence-corrected chi connectivity index (χ4v) is 2.00. The third kappa shape index (κ3) is 1.73. The molecule has 0 radical (unpaired) electrons. The smallest absolute Gasteiger partial charge is 0.110 e. The molecule has 2 fully saturated rings. The van der Waals surface area contributed by atoms with Crippen molar-refractivity contribution in [1.82, 2.24) is 0 Å². The molecular formula is C10H18O3. The van der Waals surface area contributed by atoms with Crippen LogP contribution in [-0.2, 0) is 9.47 Å². The predicted octanol–water partition coefficient (Wildman–Crippen LogP) is 1.09. The van der Waals surface area contributed by atoms with Crippen molar-refractivity contribution >= 4 is 0 Å². The predicted molar refractivity (Wildman–Crippen MR) is 48.5 cm³/mol. The van der Waals surface area contributed by atoms with E-state index in [0.717, 1.165) is 19.4 Å². The standard InChI is InChI=1S/C10H18O3/c1-9(2,11)7-4-5-10(3,13-7)8-6-12-8/h7-8,11H,4-6H2,1-3H3/t7-,8?,10+/m0/s1. The van der Waals surface area contributed by atoms with Gasteiger partial charge in [0.05, 0.1) is 23.9 Å². The summed E-state index contributed by atoms with van der Waals surface area (Å²) in [4.78, 5) is 0. The van der Waals surface area contributed by atoms with Gasteiger partial charge in [0, 0.05) is 0 Å². The van der Waals surface area contributed by atoms with Gasteiger partial charge in [0.2, 0.25) is 0 Å². The molecule has 2 rings (SSSR count). The van der Waals surface area contributed by atoms with Gasteiger partial charge in [-0.2, -0.15) is 0 Å². The summed E-state index contributed by atoms with van der Waals surface area (Å²) in [5.74, 6) is 0. The first kappa shape index (κ1) is 9.44. The molecule has 2 aliphatic heterocycles. The Morgan fingerprint density at radius 1 is 1.46 bits per heavy atom. The van der Waals surface area contributed by atoms with Gasteiger partial charge in [-0.25, -0.2) is 0 Å². The zero-order valence-electron chi connectivity index (χ0n) is 8.54. The summed E-state index contributed by atoms with van der Waals surface area (Å²) < 4.78 is 11.1. The molecule has 0 aromatic heterocycles. The van der Waals surface area contributed by atoms with E-state index in [1.807, 2.05) is 0 Å². The quantitative estimate of drug-likeness (QED) is 0.656. The van der Waals surface area contributed by atoms with Gasteiger partial charge >= 0.3 is 0 Å². The lowest BCUT2D eigenvalue weighted by Crippen LogP contribution is -2.40. The molecule has 0 bridgehead atoms. The van der Waals surface area contributed by atoms with Gasteiger partial charge in [0.15, 0.2) is 0 Å². The van der Waals surface area contributed by atoms with Crippen molar-refractivity contribution in [1.29, 1.82) is 0 Å². The molecule has 0 aromatic rings. The van der Waals surface area contributed by atoms with Gasteiger partial charge in [0.25, 0.3) is 0 Å². The second kappa shape index (κ2) is 2.69. The number of aliphatic hydroxyl groups is 1. The SMILES string of the molecule is CC(C)(O)[C@@H]1CC[C@](C)(C2CO2)O1. The highest BCUT2D eigenvalue weighted by Crippen LogP contribution is 2.41. The van der Waals surface area contributed by atoms with Crippen LogP contribution in [0.5, 0.6) is 0 Å². The van der Waals surface area contributed by atoms with Crippen LogP contribution in [-0.4, -0.2) is 35.1 Å². The van der Waals surface area contributed by atoms with Gasteiger partial charge in [-0.05, 0) is 33.6 Å². The Morgan fingerprint density at radius 2 is 2.08 bits per heavy atom. The van der Waals surface area contributed by atoms with E-state index in [9.17, 15) is 5.11 Å².